The number of rotatable bonds is 7. The van der Waals surface area contributed by atoms with Gasteiger partial charge in [0.25, 0.3) is 0 Å². The van der Waals surface area contributed by atoms with Gasteiger partial charge in [0, 0.05) is 30.8 Å². The van der Waals surface area contributed by atoms with E-state index < -0.39 is 0 Å². The maximum atomic E-state index is 12.8. The van der Waals surface area contributed by atoms with Crippen LogP contribution in [0.4, 0.5) is 0 Å². The molecule has 3 aromatic carbocycles. The van der Waals surface area contributed by atoms with Crippen molar-refractivity contribution in [2.45, 2.75) is 37.9 Å². The van der Waals surface area contributed by atoms with Crippen LogP contribution in [-0.2, 0) is 17.8 Å². The first-order valence-corrected chi connectivity index (χ1v) is 13.7. The Bertz CT molecular complexity index is 1390. The van der Waals surface area contributed by atoms with Gasteiger partial charge in [0.2, 0.25) is 5.91 Å². The van der Waals surface area contributed by atoms with Crippen molar-refractivity contribution in [1.82, 2.24) is 19.7 Å². The summed E-state index contributed by atoms with van der Waals surface area (Å²) in [4.78, 5) is 14.8. The normalized spacial score (nSPS) is 13.0. The van der Waals surface area contributed by atoms with Gasteiger partial charge in [-0.2, -0.15) is 0 Å². The molecule has 0 radical (unpaired) electrons. The molecule has 1 amide bonds. The van der Waals surface area contributed by atoms with Crippen LogP contribution in [0, 0.1) is 6.92 Å². The second kappa shape index (κ2) is 11.1. The SMILES string of the molecule is Cc1ccc(-c2nnc(SCCCC(=O)N3CCc4ccccc4C3)n2-c2ccc(Cl)c(Cl)c2)cc1. The summed E-state index contributed by atoms with van der Waals surface area (Å²) < 4.78 is 2.00. The molecule has 0 spiro atoms. The average Bonchev–Trinajstić information content (AvgIpc) is 3.32. The smallest absolute Gasteiger partial charge is 0.222 e. The lowest BCUT2D eigenvalue weighted by Gasteiger charge is -2.29. The van der Waals surface area contributed by atoms with E-state index in [2.05, 4.69) is 47.5 Å². The lowest BCUT2D eigenvalue weighted by Crippen LogP contribution is -2.35. The first kappa shape index (κ1) is 24.9. The predicted octanol–water partition coefficient (Wildman–Crippen LogP) is 7.01. The molecule has 0 bridgehead atoms. The monoisotopic (exact) mass is 536 g/mol. The van der Waals surface area contributed by atoms with Gasteiger partial charge in [-0.3, -0.25) is 9.36 Å². The molecule has 36 heavy (non-hydrogen) atoms. The van der Waals surface area contributed by atoms with Crippen molar-refractivity contribution in [2.75, 3.05) is 12.3 Å². The van der Waals surface area contributed by atoms with Gasteiger partial charge in [-0.15, -0.1) is 10.2 Å². The number of thioether (sulfide) groups is 1. The Kier molecular flexibility index (Phi) is 7.65. The highest BCUT2D eigenvalue weighted by Gasteiger charge is 2.21. The van der Waals surface area contributed by atoms with E-state index in [9.17, 15) is 4.79 Å². The fourth-order valence-electron chi connectivity index (χ4n) is 4.36. The fraction of sp³-hybridized carbons (Fsp3) is 0.250. The highest BCUT2D eigenvalue weighted by molar-refractivity contribution is 7.99. The van der Waals surface area contributed by atoms with Crippen LogP contribution >= 0.6 is 35.0 Å². The lowest BCUT2D eigenvalue weighted by molar-refractivity contribution is -0.132. The van der Waals surface area contributed by atoms with E-state index in [1.807, 2.05) is 39.8 Å². The number of hydrogen-bond donors (Lipinski definition) is 0. The van der Waals surface area contributed by atoms with Gasteiger partial charge < -0.3 is 4.90 Å². The third-order valence-electron chi connectivity index (χ3n) is 6.35. The quantitative estimate of drug-likeness (QED) is 0.188. The molecule has 0 fully saturated rings. The highest BCUT2D eigenvalue weighted by Crippen LogP contribution is 2.32. The molecule has 1 aliphatic heterocycles. The van der Waals surface area contributed by atoms with Crippen molar-refractivity contribution < 1.29 is 4.79 Å². The van der Waals surface area contributed by atoms with Gasteiger partial charge in [0.1, 0.15) is 0 Å². The molecule has 0 unspecified atom stereocenters. The van der Waals surface area contributed by atoms with Crippen molar-refractivity contribution in [2.24, 2.45) is 0 Å². The van der Waals surface area contributed by atoms with Crippen LogP contribution in [-0.4, -0.2) is 37.9 Å². The van der Waals surface area contributed by atoms with Crippen LogP contribution in [0.2, 0.25) is 10.0 Å². The van der Waals surface area contributed by atoms with Gasteiger partial charge in [-0.25, -0.2) is 0 Å². The number of carbonyl (C=O) groups excluding carboxylic acids is 1. The van der Waals surface area contributed by atoms with Crippen molar-refractivity contribution in [1.29, 1.82) is 0 Å². The first-order valence-electron chi connectivity index (χ1n) is 11.9. The van der Waals surface area contributed by atoms with Crippen LogP contribution in [0.25, 0.3) is 17.1 Å². The summed E-state index contributed by atoms with van der Waals surface area (Å²) in [5, 5.41) is 10.7. The molecule has 0 aliphatic carbocycles. The van der Waals surface area contributed by atoms with Crippen LogP contribution in [0.5, 0.6) is 0 Å². The summed E-state index contributed by atoms with van der Waals surface area (Å²) >= 11 is 14.1. The molecular weight excluding hydrogens is 511 g/mol. The average molecular weight is 538 g/mol. The van der Waals surface area contributed by atoms with Crippen LogP contribution in [0.1, 0.15) is 29.5 Å². The molecule has 8 heteroatoms. The molecule has 1 aromatic heterocycles. The van der Waals surface area contributed by atoms with E-state index in [-0.39, 0.29) is 5.91 Å². The summed E-state index contributed by atoms with van der Waals surface area (Å²) in [6.45, 7) is 3.54. The van der Waals surface area contributed by atoms with E-state index >= 15 is 0 Å². The topological polar surface area (TPSA) is 51.0 Å². The maximum Gasteiger partial charge on any atom is 0.222 e. The maximum absolute atomic E-state index is 12.8. The number of carbonyl (C=O) groups is 1. The van der Waals surface area contributed by atoms with E-state index in [0.29, 0.717) is 23.0 Å². The minimum atomic E-state index is 0.205. The summed E-state index contributed by atoms with van der Waals surface area (Å²) in [5.74, 6) is 1.69. The van der Waals surface area contributed by atoms with Gasteiger partial charge in [0.15, 0.2) is 11.0 Å². The Morgan fingerprint density at radius 2 is 1.75 bits per heavy atom. The molecule has 0 saturated heterocycles. The first-order chi connectivity index (χ1) is 17.5. The number of hydrogen-bond acceptors (Lipinski definition) is 4. The molecular formula is C28H26Cl2N4OS. The molecule has 184 valence electrons. The Labute approximate surface area is 225 Å². The zero-order valence-electron chi connectivity index (χ0n) is 20.0. The standard InChI is InChI=1S/C28H26Cl2N4OS/c1-19-8-10-21(11-9-19)27-31-32-28(34(27)23-12-13-24(29)25(30)17-23)36-16-4-7-26(35)33-15-14-20-5-2-3-6-22(20)18-33/h2-3,5-6,8-13,17H,4,7,14-16,18H2,1H3. The van der Waals surface area contributed by atoms with Gasteiger partial charge in [-0.05, 0) is 49.1 Å². The fourth-order valence-corrected chi connectivity index (χ4v) is 5.55. The number of nitrogens with zero attached hydrogens (tertiary/aromatic N) is 4. The third-order valence-corrected chi connectivity index (χ3v) is 8.11. The van der Waals surface area contributed by atoms with E-state index in [0.717, 1.165) is 47.4 Å². The molecule has 5 nitrogen and oxygen atoms in total. The minimum absolute atomic E-state index is 0.205. The van der Waals surface area contributed by atoms with Crippen molar-refractivity contribution in [3.8, 4) is 17.1 Å². The van der Waals surface area contributed by atoms with Crippen LogP contribution < -0.4 is 0 Å². The van der Waals surface area contributed by atoms with E-state index in [4.69, 9.17) is 23.2 Å². The zero-order valence-corrected chi connectivity index (χ0v) is 22.3. The second-order valence-electron chi connectivity index (χ2n) is 8.89. The molecule has 0 atom stereocenters. The Hall–Kier alpha value is -2.80. The number of benzene rings is 3. The largest absolute Gasteiger partial charge is 0.338 e. The molecule has 1 aliphatic rings. The molecule has 4 aromatic rings. The second-order valence-corrected chi connectivity index (χ2v) is 10.8. The summed E-state index contributed by atoms with van der Waals surface area (Å²) in [7, 11) is 0. The number of aromatic nitrogens is 3. The number of fused-ring (bicyclic) bond motifs is 1. The molecule has 2 heterocycles. The van der Waals surface area contributed by atoms with Crippen LogP contribution in [0.3, 0.4) is 0 Å². The van der Waals surface area contributed by atoms with E-state index in [1.165, 1.54) is 16.7 Å². The molecule has 5 rings (SSSR count). The molecule has 0 N–H and O–H groups in total. The van der Waals surface area contributed by atoms with Crippen molar-refractivity contribution in [3.63, 3.8) is 0 Å². The number of amides is 1. The van der Waals surface area contributed by atoms with Gasteiger partial charge in [0.05, 0.1) is 15.7 Å². The molecule has 0 saturated carbocycles. The van der Waals surface area contributed by atoms with Gasteiger partial charge in [-0.1, -0.05) is 89.1 Å². The van der Waals surface area contributed by atoms with Crippen molar-refractivity contribution in [3.05, 3.63) is 93.5 Å². The minimum Gasteiger partial charge on any atom is -0.338 e. The highest BCUT2D eigenvalue weighted by atomic mass is 35.5. The van der Waals surface area contributed by atoms with Gasteiger partial charge >= 0.3 is 0 Å². The Morgan fingerprint density at radius 1 is 0.972 bits per heavy atom. The Morgan fingerprint density at radius 3 is 2.53 bits per heavy atom. The lowest BCUT2D eigenvalue weighted by atomic mass is 10.00. The van der Waals surface area contributed by atoms with E-state index in [1.54, 1.807) is 17.8 Å². The predicted molar refractivity (Wildman–Crippen MR) is 147 cm³/mol. The Balaban J connectivity index is 1.28. The summed E-state index contributed by atoms with van der Waals surface area (Å²) in [6.07, 6.45) is 2.20. The van der Waals surface area contributed by atoms with Crippen molar-refractivity contribution >= 4 is 40.9 Å². The zero-order chi connectivity index (χ0) is 25.1. The number of halogens is 2. The third kappa shape index (κ3) is 5.46. The summed E-state index contributed by atoms with van der Waals surface area (Å²) in [6, 6.07) is 22.1. The summed E-state index contributed by atoms with van der Waals surface area (Å²) in [5.41, 5.74) is 5.59. The number of aryl methyl sites for hydroxylation is 1. The van der Waals surface area contributed by atoms with Crippen LogP contribution in [0.15, 0.2) is 71.9 Å².